The van der Waals surface area contributed by atoms with Crippen LogP contribution in [0, 0.1) is 5.92 Å². The normalized spacial score (nSPS) is 22.5. The van der Waals surface area contributed by atoms with Crippen molar-refractivity contribution in [2.24, 2.45) is 5.92 Å². The van der Waals surface area contributed by atoms with Crippen molar-refractivity contribution in [3.63, 3.8) is 0 Å². The summed E-state index contributed by atoms with van der Waals surface area (Å²) < 4.78 is 14.7. The van der Waals surface area contributed by atoms with Gasteiger partial charge in [-0.3, -0.25) is 19.2 Å². The van der Waals surface area contributed by atoms with Crippen molar-refractivity contribution >= 4 is 48.8 Å². The largest absolute Gasteiger partial charge is 0.494 e. The van der Waals surface area contributed by atoms with Gasteiger partial charge in [-0.1, -0.05) is 66.2 Å². The van der Waals surface area contributed by atoms with Crippen LogP contribution in [0.4, 0.5) is 17.1 Å². The Morgan fingerprint density at radius 3 is 2.54 bits per heavy atom. The predicted octanol–water partition coefficient (Wildman–Crippen LogP) is 6.84. The van der Waals surface area contributed by atoms with E-state index in [4.69, 9.17) is 21.1 Å². The first kappa shape index (κ1) is 44.7. The fourth-order valence-electron chi connectivity index (χ4n) is 10.1. The molecule has 2 unspecified atom stereocenters. The Kier molecular flexibility index (Phi) is 13.2. The number of carbonyl (C=O) groups is 2. The number of ether oxygens (including phenoxy) is 2. The van der Waals surface area contributed by atoms with Gasteiger partial charge in [0.1, 0.15) is 5.75 Å². The van der Waals surface area contributed by atoms with Gasteiger partial charge in [-0.25, -0.2) is 0 Å². The molecule has 0 bridgehead atoms. The number of benzene rings is 4. The summed E-state index contributed by atoms with van der Waals surface area (Å²) in [6, 6.07) is 28.2. The molecule has 6 atom stereocenters. The molecule has 0 radical (unpaired) electrons. The number of hydrogen-bond donors (Lipinski definition) is 4. The number of amides is 2. The topological polar surface area (TPSA) is 163 Å². The predicted molar refractivity (Wildman–Crippen MR) is 245 cm³/mol. The minimum atomic E-state index is -2.96. The molecule has 4 heterocycles. The molecule has 8 rings (SSSR count). The van der Waals surface area contributed by atoms with Crippen LogP contribution in [0.1, 0.15) is 67.0 Å². The van der Waals surface area contributed by atoms with Crippen molar-refractivity contribution < 1.29 is 34.1 Å². The second kappa shape index (κ2) is 18.7. The van der Waals surface area contributed by atoms with E-state index < -0.39 is 32.0 Å². The lowest BCUT2D eigenvalue weighted by Crippen LogP contribution is -2.49. The van der Waals surface area contributed by atoms with E-state index >= 15 is 4.79 Å². The van der Waals surface area contributed by atoms with Gasteiger partial charge in [0.2, 0.25) is 5.91 Å². The molecule has 3 aliphatic heterocycles. The first-order chi connectivity index (χ1) is 30.4. The van der Waals surface area contributed by atoms with Gasteiger partial charge < -0.3 is 34.7 Å². The van der Waals surface area contributed by atoms with Crippen molar-refractivity contribution in [1.29, 1.82) is 0 Å². The Morgan fingerprint density at radius 1 is 1.00 bits per heavy atom. The van der Waals surface area contributed by atoms with E-state index in [9.17, 15) is 19.8 Å². The first-order valence-electron chi connectivity index (χ1n) is 22.0. The standard InChI is InChI=1S/C48H57ClN6O7Si/c1-5-61-37-17-19-42-34(25-37)26-40(50-21-9-10-23-56)46(58)55(42)36-15-11-12-32(24-36)28-54-43-18-16-35(49)27-39(43)48(47(54)59)31(2)45(63(3,4)60)44(62-48)20-22-53-29-41(51-52-53)38(30-57)33-13-7-6-8-14-33/h6-8,11-19,24-25,27,29,31,38,40,44-45,50,56-57,60H,5,9-10,20-23,26,28,30H2,1-4H3/t31-,38?,40?,44+,45-,48+/m1/s1. The van der Waals surface area contributed by atoms with Gasteiger partial charge in [0.25, 0.3) is 5.91 Å². The molecule has 5 aromatic rings. The highest BCUT2D eigenvalue weighted by Gasteiger charge is 2.66. The fourth-order valence-corrected chi connectivity index (χ4v) is 12.8. The lowest BCUT2D eigenvalue weighted by Gasteiger charge is -2.35. The Bertz CT molecular complexity index is 2430. The highest BCUT2D eigenvalue weighted by atomic mass is 35.5. The average Bonchev–Trinajstić information content (AvgIpc) is 3.92. The Balaban J connectivity index is 1.08. The number of rotatable bonds is 17. The van der Waals surface area contributed by atoms with E-state index in [1.54, 1.807) is 20.5 Å². The van der Waals surface area contributed by atoms with Crippen LogP contribution in [0.3, 0.4) is 0 Å². The number of unbranched alkanes of at least 4 members (excludes halogenated alkanes) is 1. The molecular formula is C48H57ClN6O7Si. The molecule has 4 aromatic carbocycles. The van der Waals surface area contributed by atoms with E-state index in [0.29, 0.717) is 66.6 Å². The van der Waals surface area contributed by atoms with Crippen LogP contribution in [-0.2, 0) is 39.4 Å². The number of aromatic nitrogens is 3. The molecule has 63 heavy (non-hydrogen) atoms. The molecular weight excluding hydrogens is 836 g/mol. The van der Waals surface area contributed by atoms with Gasteiger partial charge in [-0.05, 0) is 117 Å². The molecule has 0 aliphatic carbocycles. The Labute approximate surface area is 374 Å². The minimum Gasteiger partial charge on any atom is -0.494 e. The number of carbonyl (C=O) groups excluding carboxylic acids is 2. The number of hydrogen-bond acceptors (Lipinski definition) is 10. The number of anilines is 3. The lowest BCUT2D eigenvalue weighted by atomic mass is 9.82. The van der Waals surface area contributed by atoms with Crippen molar-refractivity contribution in [2.75, 3.05) is 36.2 Å². The Hall–Kier alpha value is -4.93. The van der Waals surface area contributed by atoms with Crippen LogP contribution in [0.2, 0.25) is 23.7 Å². The van der Waals surface area contributed by atoms with Gasteiger partial charge in [0.15, 0.2) is 13.9 Å². The van der Waals surface area contributed by atoms with Gasteiger partial charge in [0.05, 0.1) is 54.9 Å². The van der Waals surface area contributed by atoms with Crippen molar-refractivity contribution in [2.45, 2.75) is 94.9 Å². The molecule has 1 saturated heterocycles. The van der Waals surface area contributed by atoms with Crippen LogP contribution >= 0.6 is 11.6 Å². The minimum absolute atomic E-state index is 0.0865. The molecule has 2 amide bonds. The zero-order valence-corrected chi connectivity index (χ0v) is 38.0. The molecule has 13 nitrogen and oxygen atoms in total. The van der Waals surface area contributed by atoms with E-state index in [2.05, 4.69) is 15.6 Å². The summed E-state index contributed by atoms with van der Waals surface area (Å²) in [7, 11) is -2.96. The maximum absolute atomic E-state index is 15.3. The number of nitrogens with one attached hydrogen (secondary N) is 1. The van der Waals surface area contributed by atoms with E-state index in [-0.39, 0.29) is 43.0 Å². The van der Waals surface area contributed by atoms with Crippen LogP contribution in [0.15, 0.2) is 97.2 Å². The van der Waals surface area contributed by atoms with Crippen molar-refractivity contribution in [3.05, 3.63) is 130 Å². The lowest BCUT2D eigenvalue weighted by molar-refractivity contribution is -0.146. The van der Waals surface area contributed by atoms with E-state index in [0.717, 1.165) is 34.5 Å². The third-order valence-electron chi connectivity index (χ3n) is 12.9. The molecule has 1 aromatic heterocycles. The molecule has 4 N–H and O–H groups in total. The summed E-state index contributed by atoms with van der Waals surface area (Å²) >= 11 is 6.70. The zero-order valence-electron chi connectivity index (χ0n) is 36.3. The summed E-state index contributed by atoms with van der Waals surface area (Å²) in [4.78, 5) is 45.0. The Morgan fingerprint density at radius 2 is 1.79 bits per heavy atom. The summed E-state index contributed by atoms with van der Waals surface area (Å²) in [5.74, 6) is -0.296. The second-order valence-corrected chi connectivity index (χ2v) is 21.9. The number of aryl methyl sites for hydroxylation is 1. The zero-order chi connectivity index (χ0) is 44.5. The highest BCUT2D eigenvalue weighted by molar-refractivity contribution is 6.71. The number of halogens is 1. The quantitative estimate of drug-likeness (QED) is 0.0575. The highest BCUT2D eigenvalue weighted by Crippen LogP contribution is 2.60. The molecule has 0 saturated carbocycles. The maximum atomic E-state index is 15.3. The summed E-state index contributed by atoms with van der Waals surface area (Å²) in [6.07, 6.45) is 3.71. The third-order valence-corrected chi connectivity index (χ3v) is 15.7. The van der Waals surface area contributed by atoms with E-state index in [1.807, 2.05) is 118 Å². The van der Waals surface area contributed by atoms with Crippen LogP contribution < -0.4 is 19.9 Å². The van der Waals surface area contributed by atoms with Crippen LogP contribution in [0.5, 0.6) is 5.75 Å². The first-order valence-corrected chi connectivity index (χ1v) is 25.4. The monoisotopic (exact) mass is 892 g/mol. The molecule has 332 valence electrons. The summed E-state index contributed by atoms with van der Waals surface area (Å²) in [6.45, 7) is 9.46. The van der Waals surface area contributed by atoms with Crippen molar-refractivity contribution in [3.8, 4) is 5.75 Å². The smallest absolute Gasteiger partial charge is 0.264 e. The maximum Gasteiger partial charge on any atom is 0.264 e. The number of aliphatic hydroxyl groups excluding tert-OH is 2. The second-order valence-electron chi connectivity index (χ2n) is 17.5. The van der Waals surface area contributed by atoms with Gasteiger partial charge >= 0.3 is 0 Å². The molecule has 1 spiro atoms. The van der Waals surface area contributed by atoms with Crippen molar-refractivity contribution in [1.82, 2.24) is 20.3 Å². The molecule has 1 fully saturated rings. The SMILES string of the molecule is CCOc1ccc2c(c1)CC(NCCCCO)C(=O)N2c1cccc(CN2C(=O)[C@@]3(O[C@@H](CCn4cc(C(CO)c5ccccc5)nn4)[C@H]([Si](C)(C)O)[C@H]3C)c3cc(Cl)ccc32)c1. The fraction of sp³-hybridized carbons (Fsp3) is 0.417. The number of nitrogens with zero attached hydrogens (tertiary/aromatic N) is 5. The third kappa shape index (κ3) is 8.70. The van der Waals surface area contributed by atoms with Crippen LogP contribution in [-0.4, -0.2) is 88.6 Å². The van der Waals surface area contributed by atoms with Gasteiger partial charge in [-0.15, -0.1) is 5.10 Å². The van der Waals surface area contributed by atoms with Gasteiger partial charge in [-0.2, -0.15) is 0 Å². The van der Waals surface area contributed by atoms with E-state index in [1.165, 1.54) is 0 Å². The number of fused-ring (bicyclic) bond motifs is 3. The average molecular weight is 894 g/mol. The summed E-state index contributed by atoms with van der Waals surface area (Å²) in [5.41, 5.74) is 4.47. The molecule has 15 heteroatoms. The number of aliphatic hydroxyl groups is 2. The molecule has 3 aliphatic rings. The van der Waals surface area contributed by atoms with Gasteiger partial charge in [0, 0.05) is 47.1 Å². The van der Waals surface area contributed by atoms with Crippen LogP contribution in [0.25, 0.3) is 0 Å². The summed E-state index contributed by atoms with van der Waals surface area (Å²) in [5, 5.41) is 32.3.